The maximum atomic E-state index is 12.9. The minimum atomic E-state index is -0.235. The summed E-state index contributed by atoms with van der Waals surface area (Å²) < 4.78 is 8.78. The molecule has 0 aromatic carbocycles. The van der Waals surface area contributed by atoms with Gasteiger partial charge in [-0.05, 0) is 37.5 Å². The van der Waals surface area contributed by atoms with Crippen molar-refractivity contribution in [1.29, 1.82) is 10.7 Å². The number of ether oxygens (including phenoxy) is 1. The van der Waals surface area contributed by atoms with Crippen molar-refractivity contribution in [1.82, 2.24) is 14.0 Å². The molecular weight excluding hydrogens is 318 g/mol. The maximum absolute atomic E-state index is 12.9. The van der Waals surface area contributed by atoms with Gasteiger partial charge >= 0.3 is 0 Å². The number of rotatable bonds is 2. The Morgan fingerprint density at radius 3 is 3.04 bits per heavy atom. The molecule has 4 rings (SSSR count). The molecule has 25 heavy (non-hydrogen) atoms. The summed E-state index contributed by atoms with van der Waals surface area (Å²) in [6.07, 6.45) is 3.59. The molecule has 7 nitrogen and oxygen atoms in total. The SMILES string of the molecule is Cc1ccc2nc3c(cc(C#N)c(=N)n3C[C@H]3CCCO3)c(=O)n2c1. The lowest BCUT2D eigenvalue weighted by Gasteiger charge is -2.16. The highest BCUT2D eigenvalue weighted by Crippen LogP contribution is 2.16. The van der Waals surface area contributed by atoms with Gasteiger partial charge < -0.3 is 9.30 Å². The van der Waals surface area contributed by atoms with E-state index in [4.69, 9.17) is 10.1 Å². The lowest BCUT2D eigenvalue weighted by Crippen LogP contribution is -2.31. The van der Waals surface area contributed by atoms with Crippen molar-refractivity contribution in [3.8, 4) is 6.07 Å². The normalized spacial score (nSPS) is 17.2. The summed E-state index contributed by atoms with van der Waals surface area (Å²) in [6.45, 7) is 3.02. The average Bonchev–Trinajstić information content (AvgIpc) is 3.11. The molecule has 3 aromatic heterocycles. The van der Waals surface area contributed by atoms with Crippen LogP contribution in [0.3, 0.4) is 0 Å². The van der Waals surface area contributed by atoms with Crippen LogP contribution in [0.4, 0.5) is 0 Å². The largest absolute Gasteiger partial charge is 0.376 e. The van der Waals surface area contributed by atoms with Gasteiger partial charge in [0.15, 0.2) is 0 Å². The molecule has 0 radical (unpaired) electrons. The molecule has 7 heteroatoms. The van der Waals surface area contributed by atoms with Gasteiger partial charge in [0.05, 0.1) is 23.6 Å². The van der Waals surface area contributed by atoms with E-state index in [1.807, 2.05) is 19.1 Å². The molecule has 1 aliphatic heterocycles. The van der Waals surface area contributed by atoms with Gasteiger partial charge in [-0.3, -0.25) is 14.6 Å². The van der Waals surface area contributed by atoms with Gasteiger partial charge in [0.2, 0.25) is 0 Å². The van der Waals surface area contributed by atoms with E-state index in [0.29, 0.717) is 29.8 Å². The Balaban J connectivity index is 2.07. The monoisotopic (exact) mass is 335 g/mol. The first-order valence-corrected chi connectivity index (χ1v) is 8.21. The van der Waals surface area contributed by atoms with E-state index in [2.05, 4.69) is 4.98 Å². The van der Waals surface area contributed by atoms with Crippen molar-refractivity contribution in [3.63, 3.8) is 0 Å². The highest BCUT2D eigenvalue weighted by Gasteiger charge is 2.20. The molecule has 0 amide bonds. The zero-order chi connectivity index (χ0) is 17.6. The van der Waals surface area contributed by atoms with Gasteiger partial charge in [-0.15, -0.1) is 0 Å². The maximum Gasteiger partial charge on any atom is 0.267 e. The molecular formula is C18H17N5O2. The second-order valence-electron chi connectivity index (χ2n) is 6.35. The van der Waals surface area contributed by atoms with E-state index in [-0.39, 0.29) is 22.7 Å². The zero-order valence-corrected chi connectivity index (χ0v) is 13.8. The third-order valence-corrected chi connectivity index (χ3v) is 4.59. The Bertz CT molecular complexity index is 1150. The second kappa shape index (κ2) is 5.83. The smallest absolute Gasteiger partial charge is 0.267 e. The lowest BCUT2D eigenvalue weighted by atomic mass is 10.2. The zero-order valence-electron chi connectivity index (χ0n) is 13.8. The van der Waals surface area contributed by atoms with Crippen molar-refractivity contribution in [2.75, 3.05) is 6.61 Å². The van der Waals surface area contributed by atoms with Gasteiger partial charge in [0.25, 0.3) is 5.56 Å². The van der Waals surface area contributed by atoms with Gasteiger partial charge in [-0.2, -0.15) is 5.26 Å². The van der Waals surface area contributed by atoms with Gasteiger partial charge in [-0.1, -0.05) is 6.07 Å². The van der Waals surface area contributed by atoms with Crippen LogP contribution in [0, 0.1) is 23.7 Å². The fourth-order valence-corrected chi connectivity index (χ4v) is 3.30. The molecule has 4 heterocycles. The third-order valence-electron chi connectivity index (χ3n) is 4.59. The van der Waals surface area contributed by atoms with Gasteiger partial charge in [0, 0.05) is 12.8 Å². The summed E-state index contributed by atoms with van der Waals surface area (Å²) in [5.74, 6) is 0. The Labute approximate surface area is 143 Å². The summed E-state index contributed by atoms with van der Waals surface area (Å²) in [5, 5.41) is 18.1. The molecule has 126 valence electrons. The molecule has 1 aliphatic rings. The Morgan fingerprint density at radius 1 is 1.48 bits per heavy atom. The van der Waals surface area contributed by atoms with E-state index in [1.165, 1.54) is 10.5 Å². The Kier molecular flexibility index (Phi) is 3.62. The average molecular weight is 335 g/mol. The fourth-order valence-electron chi connectivity index (χ4n) is 3.30. The molecule has 0 saturated carbocycles. The van der Waals surface area contributed by atoms with Crippen LogP contribution in [-0.4, -0.2) is 26.7 Å². The number of aromatic nitrogens is 3. The van der Waals surface area contributed by atoms with Crippen molar-refractivity contribution in [2.45, 2.75) is 32.4 Å². The van der Waals surface area contributed by atoms with Crippen LogP contribution < -0.4 is 11.0 Å². The number of aryl methyl sites for hydroxylation is 1. The number of pyridine rings is 2. The topological polar surface area (TPSA) is 96.2 Å². The predicted molar refractivity (Wildman–Crippen MR) is 91.2 cm³/mol. The van der Waals surface area contributed by atoms with E-state index in [1.54, 1.807) is 16.8 Å². The summed E-state index contributed by atoms with van der Waals surface area (Å²) in [6, 6.07) is 7.16. The molecule has 1 atom stereocenters. The van der Waals surface area contributed by atoms with Crippen LogP contribution >= 0.6 is 0 Å². The number of nitrogens with one attached hydrogen (secondary N) is 1. The summed E-state index contributed by atoms with van der Waals surface area (Å²) in [5.41, 5.74) is 1.88. The minimum absolute atomic E-state index is 0.0236. The quantitative estimate of drug-likeness (QED) is 0.718. The van der Waals surface area contributed by atoms with Crippen LogP contribution in [0.5, 0.6) is 0 Å². The third kappa shape index (κ3) is 2.51. The number of hydrogen-bond donors (Lipinski definition) is 1. The highest BCUT2D eigenvalue weighted by molar-refractivity contribution is 5.77. The van der Waals surface area contributed by atoms with Crippen molar-refractivity contribution in [2.24, 2.45) is 0 Å². The first-order chi connectivity index (χ1) is 12.1. The Hall–Kier alpha value is -2.98. The van der Waals surface area contributed by atoms with Gasteiger partial charge in [0.1, 0.15) is 22.9 Å². The molecule has 1 N–H and O–H groups in total. The minimum Gasteiger partial charge on any atom is -0.376 e. The van der Waals surface area contributed by atoms with Crippen LogP contribution in [0.15, 0.2) is 29.2 Å². The molecule has 0 aliphatic carbocycles. The highest BCUT2D eigenvalue weighted by atomic mass is 16.5. The predicted octanol–water partition coefficient (Wildman–Crippen LogP) is 1.49. The van der Waals surface area contributed by atoms with Crippen molar-refractivity contribution < 1.29 is 4.74 Å². The van der Waals surface area contributed by atoms with Crippen molar-refractivity contribution in [3.05, 3.63) is 51.4 Å². The van der Waals surface area contributed by atoms with E-state index >= 15 is 0 Å². The molecule has 0 bridgehead atoms. The van der Waals surface area contributed by atoms with Crippen molar-refractivity contribution >= 4 is 16.7 Å². The van der Waals surface area contributed by atoms with Crippen LogP contribution in [0.1, 0.15) is 24.0 Å². The van der Waals surface area contributed by atoms with E-state index in [9.17, 15) is 10.1 Å². The molecule has 0 unspecified atom stereocenters. The number of fused-ring (bicyclic) bond motifs is 2. The summed E-state index contributed by atoms with van der Waals surface area (Å²) in [7, 11) is 0. The van der Waals surface area contributed by atoms with Gasteiger partial charge in [-0.25, -0.2) is 4.98 Å². The second-order valence-corrected chi connectivity index (χ2v) is 6.35. The Morgan fingerprint density at radius 2 is 2.32 bits per heavy atom. The number of nitriles is 1. The fraction of sp³-hybridized carbons (Fsp3) is 0.333. The summed E-state index contributed by atoms with van der Waals surface area (Å²) >= 11 is 0. The number of nitrogens with zero attached hydrogens (tertiary/aromatic N) is 4. The van der Waals surface area contributed by atoms with Crippen LogP contribution in [-0.2, 0) is 11.3 Å². The van der Waals surface area contributed by atoms with Crippen LogP contribution in [0.2, 0.25) is 0 Å². The first kappa shape index (κ1) is 15.5. The van der Waals surface area contributed by atoms with Crippen LogP contribution in [0.25, 0.3) is 16.7 Å². The molecule has 1 fully saturated rings. The molecule has 1 saturated heterocycles. The summed E-state index contributed by atoms with van der Waals surface area (Å²) in [4.78, 5) is 17.5. The standard InChI is InChI=1S/C18H17N5O2/c1-11-4-5-15-21-17-14(18(24)22(15)9-11)7-12(8-19)16(20)23(17)10-13-3-2-6-25-13/h4-5,7,9,13,20H,2-3,6,10H2,1H3/t13-/m1/s1. The van der Waals surface area contributed by atoms with E-state index in [0.717, 1.165) is 18.4 Å². The lowest BCUT2D eigenvalue weighted by molar-refractivity contribution is 0.0967. The number of hydrogen-bond acceptors (Lipinski definition) is 5. The first-order valence-electron chi connectivity index (χ1n) is 8.21. The molecule has 0 spiro atoms. The van der Waals surface area contributed by atoms with E-state index < -0.39 is 0 Å². The molecule has 3 aromatic rings.